The zero-order valence-corrected chi connectivity index (χ0v) is 12.2. The summed E-state index contributed by atoms with van der Waals surface area (Å²) in [6.07, 6.45) is 1.81. The van der Waals surface area contributed by atoms with Crippen LogP contribution in [-0.2, 0) is 4.74 Å². The van der Waals surface area contributed by atoms with Gasteiger partial charge in [-0.2, -0.15) is 0 Å². The molecule has 1 N–H and O–H groups in total. The number of benzene rings is 1. The van der Waals surface area contributed by atoms with Crippen molar-refractivity contribution in [3.8, 4) is 0 Å². The number of piperidine rings is 1. The molecule has 0 spiro atoms. The second-order valence-electron chi connectivity index (χ2n) is 5.73. The maximum atomic E-state index is 12.3. The number of aryl methyl sites for hydroxylation is 2. The van der Waals surface area contributed by atoms with Gasteiger partial charge in [0.05, 0.1) is 5.56 Å². The summed E-state index contributed by atoms with van der Waals surface area (Å²) in [5.41, 5.74) is 2.70. The molecule has 2 rings (SSSR count). The van der Waals surface area contributed by atoms with Crippen LogP contribution in [0.25, 0.3) is 0 Å². The van der Waals surface area contributed by atoms with Gasteiger partial charge in [0.2, 0.25) is 0 Å². The third-order valence-electron chi connectivity index (χ3n) is 3.76. The zero-order valence-electron chi connectivity index (χ0n) is 12.2. The number of carbonyl (C=O) groups is 1. The lowest BCUT2D eigenvalue weighted by Crippen LogP contribution is -2.45. The molecule has 1 aliphatic heterocycles. The second kappa shape index (κ2) is 5.74. The molecule has 0 amide bonds. The van der Waals surface area contributed by atoms with Crippen molar-refractivity contribution in [1.82, 2.24) is 5.32 Å². The van der Waals surface area contributed by atoms with Crippen LogP contribution in [0.15, 0.2) is 18.2 Å². The van der Waals surface area contributed by atoms with Crippen molar-refractivity contribution < 1.29 is 9.53 Å². The molecule has 2 unspecified atom stereocenters. The molecule has 0 aromatic heterocycles. The lowest BCUT2D eigenvalue weighted by atomic mass is 9.97. The van der Waals surface area contributed by atoms with Crippen LogP contribution in [0.2, 0.25) is 0 Å². The van der Waals surface area contributed by atoms with Crippen LogP contribution in [0, 0.1) is 13.8 Å². The molecule has 0 radical (unpaired) electrons. The van der Waals surface area contributed by atoms with Gasteiger partial charge in [0.15, 0.2) is 0 Å². The zero-order chi connectivity index (χ0) is 14.0. The monoisotopic (exact) mass is 261 g/mol. The maximum Gasteiger partial charge on any atom is 0.338 e. The van der Waals surface area contributed by atoms with Gasteiger partial charge in [-0.3, -0.25) is 0 Å². The van der Waals surface area contributed by atoms with Crippen molar-refractivity contribution in [2.24, 2.45) is 0 Å². The molecule has 1 heterocycles. The van der Waals surface area contributed by atoms with Crippen LogP contribution < -0.4 is 5.32 Å². The molecule has 1 aromatic carbocycles. The average Bonchev–Trinajstić information content (AvgIpc) is 2.26. The van der Waals surface area contributed by atoms with Gasteiger partial charge >= 0.3 is 5.97 Å². The van der Waals surface area contributed by atoms with Crippen LogP contribution in [0.4, 0.5) is 0 Å². The summed E-state index contributed by atoms with van der Waals surface area (Å²) in [6.45, 7) is 8.18. The third kappa shape index (κ3) is 3.35. The minimum atomic E-state index is -0.179. The summed E-state index contributed by atoms with van der Waals surface area (Å²) < 4.78 is 5.70. The highest BCUT2D eigenvalue weighted by Crippen LogP contribution is 2.21. The van der Waals surface area contributed by atoms with Crippen molar-refractivity contribution in [3.05, 3.63) is 34.9 Å². The van der Waals surface area contributed by atoms with Gasteiger partial charge in [0.1, 0.15) is 6.10 Å². The fourth-order valence-corrected chi connectivity index (χ4v) is 2.95. The Labute approximate surface area is 115 Å². The Morgan fingerprint density at radius 3 is 2.21 bits per heavy atom. The predicted molar refractivity (Wildman–Crippen MR) is 76.4 cm³/mol. The molecule has 2 atom stereocenters. The summed E-state index contributed by atoms with van der Waals surface area (Å²) in [4.78, 5) is 12.3. The van der Waals surface area contributed by atoms with Crippen molar-refractivity contribution in [2.45, 2.75) is 58.7 Å². The lowest BCUT2D eigenvalue weighted by Gasteiger charge is -2.32. The van der Waals surface area contributed by atoms with E-state index in [2.05, 4.69) is 19.2 Å². The first-order valence-corrected chi connectivity index (χ1v) is 7.00. The molecule has 0 bridgehead atoms. The highest BCUT2D eigenvalue weighted by atomic mass is 16.5. The number of rotatable bonds is 2. The minimum Gasteiger partial charge on any atom is -0.459 e. The molecule has 1 aromatic rings. The van der Waals surface area contributed by atoms with Gasteiger partial charge < -0.3 is 10.1 Å². The van der Waals surface area contributed by atoms with Gasteiger partial charge in [-0.1, -0.05) is 18.2 Å². The Bertz CT molecular complexity index is 440. The Hall–Kier alpha value is -1.35. The smallest absolute Gasteiger partial charge is 0.338 e. The van der Waals surface area contributed by atoms with Crippen LogP contribution in [-0.4, -0.2) is 24.2 Å². The topological polar surface area (TPSA) is 38.3 Å². The van der Waals surface area contributed by atoms with E-state index in [-0.39, 0.29) is 12.1 Å². The van der Waals surface area contributed by atoms with Crippen LogP contribution in [0.5, 0.6) is 0 Å². The highest BCUT2D eigenvalue weighted by Gasteiger charge is 2.27. The number of esters is 1. The maximum absolute atomic E-state index is 12.3. The molecule has 3 nitrogen and oxygen atoms in total. The van der Waals surface area contributed by atoms with Crippen molar-refractivity contribution in [1.29, 1.82) is 0 Å². The fraction of sp³-hybridized carbons (Fsp3) is 0.562. The van der Waals surface area contributed by atoms with Gasteiger partial charge in [-0.25, -0.2) is 4.79 Å². The molecular formula is C16H23NO2. The largest absolute Gasteiger partial charge is 0.459 e. The Morgan fingerprint density at radius 2 is 1.68 bits per heavy atom. The molecular weight excluding hydrogens is 238 g/mol. The highest BCUT2D eigenvalue weighted by molar-refractivity contribution is 5.92. The molecule has 1 saturated heterocycles. The Kier molecular flexibility index (Phi) is 4.25. The van der Waals surface area contributed by atoms with Gasteiger partial charge in [0, 0.05) is 12.1 Å². The predicted octanol–water partition coefficient (Wildman–Crippen LogP) is 2.99. The first-order chi connectivity index (χ1) is 8.97. The Morgan fingerprint density at radius 1 is 1.16 bits per heavy atom. The van der Waals surface area contributed by atoms with Crippen LogP contribution in [0.3, 0.4) is 0 Å². The van der Waals surface area contributed by atoms with Gasteiger partial charge in [-0.15, -0.1) is 0 Å². The SMILES string of the molecule is Cc1cccc(C)c1C(=O)OC1CC(C)NC(C)C1. The minimum absolute atomic E-state index is 0.0257. The summed E-state index contributed by atoms with van der Waals surface area (Å²) >= 11 is 0. The summed E-state index contributed by atoms with van der Waals surface area (Å²) in [7, 11) is 0. The van der Waals surface area contributed by atoms with E-state index in [9.17, 15) is 4.79 Å². The molecule has 104 valence electrons. The average molecular weight is 261 g/mol. The van der Waals surface area contributed by atoms with E-state index < -0.39 is 0 Å². The van der Waals surface area contributed by atoms with Crippen molar-refractivity contribution >= 4 is 5.97 Å². The third-order valence-corrected chi connectivity index (χ3v) is 3.76. The number of hydrogen-bond donors (Lipinski definition) is 1. The van der Waals surface area contributed by atoms with Gasteiger partial charge in [-0.05, 0) is 51.7 Å². The van der Waals surface area contributed by atoms with E-state index in [1.54, 1.807) is 0 Å². The van der Waals surface area contributed by atoms with Crippen LogP contribution >= 0.6 is 0 Å². The summed E-state index contributed by atoms with van der Waals surface area (Å²) in [6, 6.07) is 6.68. The molecule has 0 aliphatic carbocycles. The quantitative estimate of drug-likeness (QED) is 0.832. The fourth-order valence-electron chi connectivity index (χ4n) is 2.95. The second-order valence-corrected chi connectivity index (χ2v) is 5.73. The van der Waals surface area contributed by atoms with E-state index in [0.29, 0.717) is 12.1 Å². The summed E-state index contributed by atoms with van der Waals surface area (Å²) in [5, 5.41) is 3.45. The molecule has 1 fully saturated rings. The van der Waals surface area contributed by atoms with E-state index in [1.807, 2.05) is 32.0 Å². The first kappa shape index (κ1) is 14.1. The van der Waals surface area contributed by atoms with E-state index in [4.69, 9.17) is 4.74 Å². The molecule has 0 saturated carbocycles. The lowest BCUT2D eigenvalue weighted by molar-refractivity contribution is 0.0146. The first-order valence-electron chi connectivity index (χ1n) is 7.00. The number of nitrogens with one attached hydrogen (secondary N) is 1. The van der Waals surface area contributed by atoms with Crippen LogP contribution in [0.1, 0.15) is 48.2 Å². The number of carbonyl (C=O) groups excluding carboxylic acids is 1. The van der Waals surface area contributed by atoms with E-state index >= 15 is 0 Å². The normalized spacial score (nSPS) is 27.1. The molecule has 3 heteroatoms. The van der Waals surface area contributed by atoms with E-state index in [1.165, 1.54) is 0 Å². The summed E-state index contributed by atoms with van der Waals surface area (Å²) in [5.74, 6) is -0.179. The Balaban J connectivity index is 2.09. The van der Waals surface area contributed by atoms with Gasteiger partial charge in [0.25, 0.3) is 0 Å². The number of ether oxygens (including phenoxy) is 1. The van der Waals surface area contributed by atoms with E-state index in [0.717, 1.165) is 29.5 Å². The van der Waals surface area contributed by atoms with Crippen molar-refractivity contribution in [2.75, 3.05) is 0 Å². The van der Waals surface area contributed by atoms with Crippen molar-refractivity contribution in [3.63, 3.8) is 0 Å². The molecule has 1 aliphatic rings. The molecule has 19 heavy (non-hydrogen) atoms. The standard InChI is InChI=1S/C16H23NO2/c1-10-6-5-7-11(2)15(10)16(18)19-14-8-12(3)17-13(4)9-14/h5-7,12-14,17H,8-9H2,1-4H3. The number of hydrogen-bond acceptors (Lipinski definition) is 3.